The molecule has 96 valence electrons. The van der Waals surface area contributed by atoms with Gasteiger partial charge in [-0.2, -0.15) is 0 Å². The Morgan fingerprint density at radius 2 is 2.05 bits per heavy atom. The zero-order valence-corrected chi connectivity index (χ0v) is 11.2. The van der Waals surface area contributed by atoms with Crippen molar-refractivity contribution in [2.75, 3.05) is 0 Å². The van der Waals surface area contributed by atoms with E-state index in [0.717, 1.165) is 5.56 Å². The predicted octanol–water partition coefficient (Wildman–Crippen LogP) is 2.45. The molecule has 1 saturated heterocycles. The molecule has 1 aromatic heterocycles. The number of hydrogen-bond acceptors (Lipinski definition) is 4. The number of Topliss-reactive ketones (excluding diaryl/α,β-unsaturated/α-hetero) is 1. The van der Waals surface area contributed by atoms with E-state index in [9.17, 15) is 4.79 Å². The minimum atomic E-state index is -0.107. The molecule has 0 saturated carbocycles. The Hall–Kier alpha value is -1.68. The number of aliphatic imine (C=N–C) groups is 1. The standard InChI is InChI=1S/C15H14N2OS/c18-15-12-3-1-2-4-13(12)19-14(15)10-17-9-11-5-7-16-8-6-11/h1-8,10,12-14H,9H2/t12-,13-,14?/m0/s1. The maximum atomic E-state index is 12.2. The molecule has 2 aliphatic rings. The Labute approximate surface area is 116 Å². The van der Waals surface area contributed by atoms with Crippen LogP contribution in [0.1, 0.15) is 5.56 Å². The molecule has 3 rings (SSSR count). The van der Waals surface area contributed by atoms with Gasteiger partial charge in [-0.25, -0.2) is 0 Å². The summed E-state index contributed by atoms with van der Waals surface area (Å²) >= 11 is 1.69. The molecule has 4 heteroatoms. The molecule has 0 aromatic carbocycles. The number of ketones is 1. The molecule has 0 amide bonds. The first-order chi connectivity index (χ1) is 9.34. The number of fused-ring (bicyclic) bond motifs is 1. The van der Waals surface area contributed by atoms with E-state index in [0.29, 0.717) is 6.54 Å². The lowest BCUT2D eigenvalue weighted by Crippen LogP contribution is -2.21. The van der Waals surface area contributed by atoms with Crippen molar-refractivity contribution in [2.24, 2.45) is 10.9 Å². The second kappa shape index (κ2) is 5.53. The van der Waals surface area contributed by atoms with Gasteiger partial charge in [0.2, 0.25) is 0 Å². The van der Waals surface area contributed by atoms with Gasteiger partial charge in [0.25, 0.3) is 0 Å². The van der Waals surface area contributed by atoms with E-state index in [1.165, 1.54) is 0 Å². The summed E-state index contributed by atoms with van der Waals surface area (Å²) in [6, 6.07) is 3.87. The minimum absolute atomic E-state index is 0.0346. The first-order valence-electron chi connectivity index (χ1n) is 6.27. The number of allylic oxidation sites excluding steroid dienone is 3. The monoisotopic (exact) mass is 270 g/mol. The largest absolute Gasteiger partial charge is 0.297 e. The molecule has 3 atom stereocenters. The van der Waals surface area contributed by atoms with Gasteiger partial charge < -0.3 is 0 Å². The van der Waals surface area contributed by atoms with Crippen LogP contribution in [0.5, 0.6) is 0 Å². The van der Waals surface area contributed by atoms with Crippen molar-refractivity contribution in [3.8, 4) is 0 Å². The SMILES string of the molecule is O=C1C(C=NCc2ccncc2)S[C@H]2C=CC=C[C@H]12. The Morgan fingerprint density at radius 3 is 2.84 bits per heavy atom. The maximum absolute atomic E-state index is 12.2. The van der Waals surface area contributed by atoms with Crippen LogP contribution in [0.15, 0.2) is 53.8 Å². The van der Waals surface area contributed by atoms with E-state index in [-0.39, 0.29) is 22.2 Å². The van der Waals surface area contributed by atoms with Crippen molar-refractivity contribution in [2.45, 2.75) is 17.0 Å². The van der Waals surface area contributed by atoms with Gasteiger partial charge in [0.05, 0.1) is 17.7 Å². The number of thioether (sulfide) groups is 1. The molecular formula is C15H14N2OS. The maximum Gasteiger partial charge on any atom is 0.159 e. The van der Waals surface area contributed by atoms with Crippen molar-refractivity contribution < 1.29 is 4.79 Å². The lowest BCUT2D eigenvalue weighted by Gasteiger charge is -2.10. The molecule has 0 spiro atoms. The van der Waals surface area contributed by atoms with E-state index >= 15 is 0 Å². The Kier molecular flexibility index (Phi) is 3.60. The molecule has 1 aliphatic carbocycles. The molecule has 0 N–H and O–H groups in total. The van der Waals surface area contributed by atoms with Crippen LogP contribution in [-0.2, 0) is 11.3 Å². The summed E-state index contributed by atoms with van der Waals surface area (Å²) in [5, 5.41) is 0.180. The van der Waals surface area contributed by atoms with Gasteiger partial charge in [-0.05, 0) is 17.7 Å². The van der Waals surface area contributed by atoms with Crippen molar-refractivity contribution in [3.05, 3.63) is 54.4 Å². The third-order valence-electron chi connectivity index (χ3n) is 3.26. The number of carbonyl (C=O) groups excluding carboxylic acids is 1. The summed E-state index contributed by atoms with van der Waals surface area (Å²) < 4.78 is 0. The van der Waals surface area contributed by atoms with E-state index < -0.39 is 0 Å². The fourth-order valence-corrected chi connectivity index (χ4v) is 3.61. The Morgan fingerprint density at radius 1 is 1.26 bits per heavy atom. The Balaban J connectivity index is 1.63. The molecule has 19 heavy (non-hydrogen) atoms. The van der Waals surface area contributed by atoms with Crippen LogP contribution in [0, 0.1) is 5.92 Å². The molecule has 2 heterocycles. The third kappa shape index (κ3) is 2.68. The predicted molar refractivity (Wildman–Crippen MR) is 78.4 cm³/mol. The number of aromatic nitrogens is 1. The average molecular weight is 270 g/mol. The summed E-state index contributed by atoms with van der Waals surface area (Å²) in [4.78, 5) is 20.5. The summed E-state index contributed by atoms with van der Waals surface area (Å²) in [5.74, 6) is 0.307. The first-order valence-corrected chi connectivity index (χ1v) is 7.22. The first kappa shape index (κ1) is 12.4. The molecule has 1 aromatic rings. The quantitative estimate of drug-likeness (QED) is 0.792. The van der Waals surface area contributed by atoms with Crippen LogP contribution < -0.4 is 0 Å². The van der Waals surface area contributed by atoms with Crippen LogP contribution >= 0.6 is 11.8 Å². The minimum Gasteiger partial charge on any atom is -0.297 e. The zero-order chi connectivity index (χ0) is 13.1. The fraction of sp³-hybridized carbons (Fsp3) is 0.267. The van der Waals surface area contributed by atoms with Gasteiger partial charge in [0.15, 0.2) is 5.78 Å². The number of pyridine rings is 1. The van der Waals surface area contributed by atoms with Gasteiger partial charge in [0.1, 0.15) is 0 Å². The van der Waals surface area contributed by atoms with E-state index in [4.69, 9.17) is 0 Å². The molecule has 1 aliphatic heterocycles. The summed E-state index contributed by atoms with van der Waals surface area (Å²) in [6.45, 7) is 0.605. The molecule has 0 radical (unpaired) electrons. The zero-order valence-electron chi connectivity index (χ0n) is 10.3. The fourth-order valence-electron chi connectivity index (χ4n) is 2.25. The van der Waals surface area contributed by atoms with Gasteiger partial charge in [-0.3, -0.25) is 14.8 Å². The third-order valence-corrected chi connectivity index (χ3v) is 4.67. The van der Waals surface area contributed by atoms with Crippen LogP contribution in [0.4, 0.5) is 0 Å². The van der Waals surface area contributed by atoms with Crippen molar-refractivity contribution in [3.63, 3.8) is 0 Å². The lowest BCUT2D eigenvalue weighted by molar-refractivity contribution is -0.119. The normalized spacial score (nSPS) is 29.1. The van der Waals surface area contributed by atoms with Crippen molar-refractivity contribution in [1.29, 1.82) is 0 Å². The topological polar surface area (TPSA) is 42.3 Å². The Bertz CT molecular complexity index is 551. The second-order valence-corrected chi connectivity index (χ2v) is 5.89. The number of carbonyl (C=O) groups is 1. The molecule has 1 fully saturated rings. The summed E-state index contributed by atoms with van der Waals surface area (Å²) in [6.07, 6.45) is 13.4. The number of nitrogens with zero attached hydrogens (tertiary/aromatic N) is 2. The van der Waals surface area contributed by atoms with Crippen LogP contribution in [0.2, 0.25) is 0 Å². The van der Waals surface area contributed by atoms with Crippen molar-refractivity contribution in [1.82, 2.24) is 4.98 Å². The number of hydrogen-bond donors (Lipinski definition) is 0. The lowest BCUT2D eigenvalue weighted by atomic mass is 9.95. The van der Waals surface area contributed by atoms with Gasteiger partial charge in [0, 0.05) is 23.9 Å². The molecule has 1 unspecified atom stereocenters. The number of rotatable bonds is 3. The van der Waals surface area contributed by atoms with Crippen LogP contribution in [0.3, 0.4) is 0 Å². The molecule has 0 bridgehead atoms. The van der Waals surface area contributed by atoms with E-state index in [1.807, 2.05) is 30.4 Å². The smallest absolute Gasteiger partial charge is 0.159 e. The van der Waals surface area contributed by atoms with Crippen LogP contribution in [0.25, 0.3) is 0 Å². The van der Waals surface area contributed by atoms with Gasteiger partial charge >= 0.3 is 0 Å². The summed E-state index contributed by atoms with van der Waals surface area (Å²) in [5.41, 5.74) is 1.11. The highest BCUT2D eigenvalue weighted by Gasteiger charge is 2.39. The highest BCUT2D eigenvalue weighted by molar-refractivity contribution is 8.02. The van der Waals surface area contributed by atoms with E-state index in [2.05, 4.69) is 16.1 Å². The van der Waals surface area contributed by atoms with Crippen molar-refractivity contribution >= 4 is 23.8 Å². The highest BCUT2D eigenvalue weighted by Crippen LogP contribution is 2.38. The second-order valence-electron chi connectivity index (χ2n) is 4.56. The average Bonchev–Trinajstić information content (AvgIpc) is 2.78. The molecule has 3 nitrogen and oxygen atoms in total. The molecular weight excluding hydrogens is 256 g/mol. The van der Waals surface area contributed by atoms with Gasteiger partial charge in [-0.1, -0.05) is 24.3 Å². The van der Waals surface area contributed by atoms with Gasteiger partial charge in [-0.15, -0.1) is 11.8 Å². The highest BCUT2D eigenvalue weighted by atomic mass is 32.2. The summed E-state index contributed by atoms with van der Waals surface area (Å²) in [7, 11) is 0. The van der Waals surface area contributed by atoms with E-state index in [1.54, 1.807) is 30.4 Å². The van der Waals surface area contributed by atoms with Crippen LogP contribution in [-0.4, -0.2) is 27.5 Å².